The molecule has 164 valence electrons. The lowest BCUT2D eigenvalue weighted by Gasteiger charge is -2.35. The quantitative estimate of drug-likeness (QED) is 0.424. The Morgan fingerprint density at radius 3 is 2.10 bits per heavy atom. The fourth-order valence-electron chi connectivity index (χ4n) is 3.36. The van der Waals surface area contributed by atoms with Crippen LogP contribution in [-0.2, 0) is 14.3 Å². The molecule has 0 radical (unpaired) electrons. The Labute approximate surface area is 179 Å². The second-order valence-electron chi connectivity index (χ2n) is 8.74. The van der Waals surface area contributed by atoms with Crippen molar-refractivity contribution in [2.75, 3.05) is 19.0 Å². The number of ether oxygens (including phenoxy) is 1. The maximum absolute atomic E-state index is 13.2. The van der Waals surface area contributed by atoms with Crippen LogP contribution in [0.4, 0.5) is 5.69 Å². The van der Waals surface area contributed by atoms with Gasteiger partial charge in [0.1, 0.15) is 5.60 Å². The predicted octanol–water partition coefficient (Wildman–Crippen LogP) is 2.19. The maximum Gasteiger partial charge on any atom is 0.340 e. The van der Waals surface area contributed by atoms with Crippen LogP contribution in [0.5, 0.6) is 0 Å². The molecule has 1 heterocycles. The molecule has 0 spiro atoms. The van der Waals surface area contributed by atoms with Crippen molar-refractivity contribution >= 4 is 40.2 Å². The molecular weight excluding hydrogens is 402 g/mol. The third-order valence-corrected chi connectivity index (χ3v) is 4.94. The van der Waals surface area contributed by atoms with E-state index >= 15 is 0 Å². The van der Waals surface area contributed by atoms with Crippen LogP contribution in [0.25, 0.3) is 10.8 Å². The number of imide groups is 1. The number of amides is 2. The number of hydrazine groups is 1. The largest absolute Gasteiger partial charge is 0.479 e. The Balaban J connectivity index is 2.09. The van der Waals surface area contributed by atoms with Gasteiger partial charge in [0.2, 0.25) is 5.54 Å². The first kappa shape index (κ1) is 22.2. The number of rotatable bonds is 5. The molecule has 0 saturated heterocycles. The molecular formula is C22H25N3O6. The number of aliphatic carboxylic acids is 1. The van der Waals surface area contributed by atoms with Crippen molar-refractivity contribution in [3.05, 3.63) is 41.5 Å². The summed E-state index contributed by atoms with van der Waals surface area (Å²) in [6.07, 6.45) is 0. The summed E-state index contributed by atoms with van der Waals surface area (Å²) in [5, 5.41) is 11.5. The van der Waals surface area contributed by atoms with Gasteiger partial charge in [-0.05, 0) is 45.9 Å². The zero-order valence-electron chi connectivity index (χ0n) is 18.3. The number of anilines is 1. The number of esters is 1. The summed E-state index contributed by atoms with van der Waals surface area (Å²) in [5.41, 5.74) is 0.262. The lowest BCUT2D eigenvalue weighted by Crippen LogP contribution is -2.66. The third-order valence-electron chi connectivity index (χ3n) is 4.94. The van der Waals surface area contributed by atoms with E-state index in [1.807, 2.05) is 25.1 Å². The monoisotopic (exact) mass is 427 g/mol. The van der Waals surface area contributed by atoms with Crippen LogP contribution >= 0.6 is 0 Å². The fraction of sp³-hybridized carbons (Fsp3) is 0.364. The molecule has 2 aromatic carbocycles. The minimum atomic E-state index is -2.37. The number of benzene rings is 2. The summed E-state index contributed by atoms with van der Waals surface area (Å²) in [6.45, 7) is 5.81. The van der Waals surface area contributed by atoms with Crippen LogP contribution in [-0.4, -0.2) is 59.1 Å². The number of carboxylic acid groups (broad SMARTS) is 1. The Bertz CT molecular complexity index is 1100. The number of carboxylic acids is 1. The summed E-state index contributed by atoms with van der Waals surface area (Å²) < 4.78 is 5.21. The molecule has 9 nitrogen and oxygen atoms in total. The second kappa shape index (κ2) is 7.35. The van der Waals surface area contributed by atoms with Crippen LogP contribution in [0.3, 0.4) is 0 Å². The van der Waals surface area contributed by atoms with E-state index < -0.39 is 34.9 Å². The summed E-state index contributed by atoms with van der Waals surface area (Å²) in [6, 6.07) is 8.38. The van der Waals surface area contributed by atoms with Crippen molar-refractivity contribution in [3.63, 3.8) is 0 Å². The molecule has 2 N–H and O–H groups in total. The van der Waals surface area contributed by atoms with Gasteiger partial charge in [0.15, 0.2) is 0 Å². The van der Waals surface area contributed by atoms with E-state index in [-0.39, 0.29) is 11.1 Å². The molecule has 1 atom stereocenters. The second-order valence-corrected chi connectivity index (χ2v) is 8.74. The van der Waals surface area contributed by atoms with E-state index in [9.17, 15) is 24.3 Å². The van der Waals surface area contributed by atoms with Crippen LogP contribution in [0.2, 0.25) is 0 Å². The lowest BCUT2D eigenvalue weighted by molar-refractivity contribution is -0.172. The standard InChI is InChI=1S/C22H25N3O6/c1-21(2,3)31-20(30)22(4,19(28)29)23-25-17(26)13-9-7-8-12-15(24(5)6)11-10-14(16(12)13)18(25)27/h7-11,23H,1-6H3,(H,28,29)/t22-/m0/s1. The molecule has 2 amide bonds. The highest BCUT2D eigenvalue weighted by molar-refractivity contribution is 6.26. The van der Waals surface area contributed by atoms with Crippen molar-refractivity contribution in [1.82, 2.24) is 10.4 Å². The summed E-state index contributed by atoms with van der Waals surface area (Å²) in [4.78, 5) is 52.9. The van der Waals surface area contributed by atoms with Crippen LogP contribution in [0, 0.1) is 0 Å². The number of hydrogen-bond acceptors (Lipinski definition) is 7. The molecule has 31 heavy (non-hydrogen) atoms. The van der Waals surface area contributed by atoms with Crippen LogP contribution in [0.1, 0.15) is 48.4 Å². The Morgan fingerprint density at radius 1 is 1.00 bits per heavy atom. The SMILES string of the molecule is CN(C)c1ccc2c3c(cccc13)C(=O)N(N[C@@](C)(C(=O)O)C(=O)OC(C)(C)C)C2=O. The van der Waals surface area contributed by atoms with E-state index in [4.69, 9.17) is 4.74 Å². The zero-order chi connectivity index (χ0) is 23.3. The summed E-state index contributed by atoms with van der Waals surface area (Å²) in [5.74, 6) is -4.22. The number of hydrogen-bond donors (Lipinski definition) is 2. The number of nitrogens with one attached hydrogen (secondary N) is 1. The first-order valence-electron chi connectivity index (χ1n) is 9.64. The summed E-state index contributed by atoms with van der Waals surface area (Å²) >= 11 is 0. The third kappa shape index (κ3) is 3.72. The number of carbonyl (C=O) groups excluding carboxylic acids is 3. The highest BCUT2D eigenvalue weighted by Gasteiger charge is 2.49. The van der Waals surface area contributed by atoms with Gasteiger partial charge < -0.3 is 14.7 Å². The van der Waals surface area contributed by atoms with E-state index in [1.165, 1.54) is 0 Å². The molecule has 0 aromatic heterocycles. The van der Waals surface area contributed by atoms with E-state index in [2.05, 4.69) is 5.43 Å². The Kier molecular flexibility index (Phi) is 5.27. The fourth-order valence-corrected chi connectivity index (χ4v) is 3.36. The zero-order valence-corrected chi connectivity index (χ0v) is 18.3. The summed E-state index contributed by atoms with van der Waals surface area (Å²) in [7, 11) is 3.70. The average molecular weight is 427 g/mol. The molecule has 1 aliphatic rings. The van der Waals surface area contributed by atoms with Crippen molar-refractivity contribution in [2.45, 2.75) is 38.8 Å². The molecule has 0 unspecified atom stereocenters. The number of carbonyl (C=O) groups is 4. The molecule has 2 aromatic rings. The number of nitrogens with zero attached hydrogens (tertiary/aromatic N) is 2. The van der Waals surface area contributed by atoms with Crippen LogP contribution in [0.15, 0.2) is 30.3 Å². The first-order chi connectivity index (χ1) is 14.3. The molecule has 3 rings (SSSR count). The maximum atomic E-state index is 13.2. The molecule has 0 aliphatic carbocycles. The van der Waals surface area contributed by atoms with Gasteiger partial charge in [0, 0.05) is 30.6 Å². The van der Waals surface area contributed by atoms with Crippen molar-refractivity contribution in [1.29, 1.82) is 0 Å². The minimum Gasteiger partial charge on any atom is -0.479 e. The van der Waals surface area contributed by atoms with Crippen molar-refractivity contribution < 1.29 is 29.0 Å². The van der Waals surface area contributed by atoms with Crippen molar-refractivity contribution in [3.8, 4) is 0 Å². The van der Waals surface area contributed by atoms with Gasteiger partial charge in [-0.2, -0.15) is 5.43 Å². The highest BCUT2D eigenvalue weighted by atomic mass is 16.6. The smallest absolute Gasteiger partial charge is 0.340 e. The molecule has 9 heteroatoms. The van der Waals surface area contributed by atoms with Crippen LogP contribution < -0.4 is 10.3 Å². The van der Waals surface area contributed by atoms with Crippen molar-refractivity contribution in [2.24, 2.45) is 0 Å². The first-order valence-corrected chi connectivity index (χ1v) is 9.64. The average Bonchev–Trinajstić information content (AvgIpc) is 2.66. The molecule has 0 bridgehead atoms. The van der Waals surface area contributed by atoms with E-state index in [1.54, 1.807) is 45.0 Å². The topological polar surface area (TPSA) is 116 Å². The Hall–Kier alpha value is -3.46. The van der Waals surface area contributed by atoms with Gasteiger partial charge >= 0.3 is 11.9 Å². The lowest BCUT2D eigenvalue weighted by atomic mass is 9.93. The predicted molar refractivity (Wildman–Crippen MR) is 114 cm³/mol. The Morgan fingerprint density at radius 2 is 1.58 bits per heavy atom. The molecule has 1 aliphatic heterocycles. The van der Waals surface area contributed by atoms with Gasteiger partial charge in [0.05, 0.1) is 11.1 Å². The van der Waals surface area contributed by atoms with Gasteiger partial charge in [0.25, 0.3) is 11.8 Å². The van der Waals surface area contributed by atoms with Gasteiger partial charge in [-0.25, -0.2) is 14.6 Å². The molecule has 0 saturated carbocycles. The van der Waals surface area contributed by atoms with Gasteiger partial charge in [-0.1, -0.05) is 12.1 Å². The minimum absolute atomic E-state index is 0.222. The van der Waals surface area contributed by atoms with E-state index in [0.29, 0.717) is 10.4 Å². The van der Waals surface area contributed by atoms with Gasteiger partial charge in [-0.3, -0.25) is 9.59 Å². The normalized spacial score (nSPS) is 15.6. The van der Waals surface area contributed by atoms with E-state index in [0.717, 1.165) is 18.0 Å². The molecule has 0 fully saturated rings. The highest BCUT2D eigenvalue weighted by Crippen LogP contribution is 2.35. The van der Waals surface area contributed by atoms with Gasteiger partial charge in [-0.15, -0.1) is 0 Å².